The van der Waals surface area contributed by atoms with E-state index in [1.807, 2.05) is 87.5 Å². The molecule has 4 fully saturated rings. The fourth-order valence-corrected chi connectivity index (χ4v) is 17.4. The minimum atomic E-state index is -4.41. The van der Waals surface area contributed by atoms with Crippen LogP contribution in [0.3, 0.4) is 0 Å². The summed E-state index contributed by atoms with van der Waals surface area (Å²) in [6.07, 6.45) is 18.0. The molecule has 7 aromatic rings. The number of hydrogen-bond donors (Lipinski definition) is 4. The minimum absolute atomic E-state index is 0.0273. The fraction of sp³-hybridized carbons (Fsp3) is 0.516. The van der Waals surface area contributed by atoms with Gasteiger partial charge in [0.15, 0.2) is 6.10 Å². The van der Waals surface area contributed by atoms with Crippen molar-refractivity contribution < 1.29 is 51.0 Å². The topological polar surface area (TPSA) is 170 Å². The van der Waals surface area contributed by atoms with Gasteiger partial charge in [-0.3, -0.25) is 19.2 Å². The number of nitrogens with one attached hydrogen (secondary N) is 4. The molecule has 0 spiro atoms. The molecule has 0 saturated heterocycles. The van der Waals surface area contributed by atoms with Crippen molar-refractivity contribution in [3.05, 3.63) is 226 Å². The second-order valence-electron chi connectivity index (χ2n) is 32.6. The van der Waals surface area contributed by atoms with E-state index in [1.54, 1.807) is 6.07 Å². The molecule has 626 valence electrons. The summed E-state index contributed by atoms with van der Waals surface area (Å²) in [7, 11) is 17.1. The van der Waals surface area contributed by atoms with Crippen molar-refractivity contribution in [2.75, 3.05) is 82.0 Å². The summed E-state index contributed by atoms with van der Waals surface area (Å²) >= 11 is 7.12. The summed E-state index contributed by atoms with van der Waals surface area (Å²) in [6, 6.07) is 57.2. The van der Waals surface area contributed by atoms with Gasteiger partial charge in [-0.15, -0.1) is 0 Å². The molecule has 6 aromatic carbocycles. The minimum Gasteiger partial charge on any atom is -0.493 e. The third-order valence-corrected chi connectivity index (χ3v) is 25.3. The van der Waals surface area contributed by atoms with Gasteiger partial charge in [-0.25, -0.2) is 9.37 Å². The predicted octanol–water partition coefficient (Wildman–Crippen LogP) is 17.4. The van der Waals surface area contributed by atoms with E-state index >= 15 is 0 Å². The monoisotopic (exact) mass is 1620 g/mol. The molecule has 1 unspecified atom stereocenters. The van der Waals surface area contributed by atoms with E-state index in [0.717, 1.165) is 175 Å². The zero-order chi connectivity index (χ0) is 83.0. The summed E-state index contributed by atoms with van der Waals surface area (Å²) in [4.78, 5) is 62.3. The first-order valence-electron chi connectivity index (χ1n) is 41.1. The van der Waals surface area contributed by atoms with Crippen LogP contribution in [0.1, 0.15) is 169 Å². The Labute approximate surface area is 691 Å². The van der Waals surface area contributed by atoms with Gasteiger partial charge in [0, 0.05) is 70.6 Å². The van der Waals surface area contributed by atoms with E-state index in [0.29, 0.717) is 42.5 Å². The van der Waals surface area contributed by atoms with Crippen molar-refractivity contribution in [1.29, 1.82) is 0 Å². The van der Waals surface area contributed by atoms with Gasteiger partial charge < -0.3 is 55.1 Å². The quantitative estimate of drug-likeness (QED) is 0.0184. The summed E-state index contributed by atoms with van der Waals surface area (Å²) in [6.45, 7) is 6.87. The number of carbonyl (C=O) groups is 4. The second-order valence-corrected chi connectivity index (χ2v) is 34.0. The number of para-hydroxylation sites is 1. The first-order chi connectivity index (χ1) is 55.0. The average Bonchev–Trinajstić information content (AvgIpc) is 0.824. The Morgan fingerprint density at radius 3 is 1.45 bits per heavy atom. The number of ether oxygens (including phenoxy) is 3. The lowest BCUT2D eigenvalue weighted by atomic mass is 9.74. The lowest BCUT2D eigenvalue weighted by molar-refractivity contribution is -0.138. The molecule has 0 aliphatic heterocycles. The Morgan fingerprint density at radius 1 is 0.548 bits per heavy atom. The molecule has 4 aliphatic rings. The number of halogens is 5. The van der Waals surface area contributed by atoms with Crippen LogP contribution in [0.15, 0.2) is 187 Å². The van der Waals surface area contributed by atoms with Gasteiger partial charge in [0.2, 0.25) is 17.7 Å². The molecule has 22 heteroatoms. The van der Waals surface area contributed by atoms with Gasteiger partial charge in [0.25, 0.3) is 5.91 Å². The lowest BCUT2D eigenvalue weighted by Gasteiger charge is -2.45. The first kappa shape index (κ1) is 92.6. The number of alkyl halides is 3. The van der Waals surface area contributed by atoms with Crippen LogP contribution < -0.4 is 30.7 Å². The molecule has 4 aliphatic carbocycles. The number of hydrogen-bond acceptors (Lipinski definition) is 13. The highest BCUT2D eigenvalue weighted by Crippen LogP contribution is 2.41. The number of pyridine rings is 1. The molecular weight excluding hydrogens is 1500 g/mol. The number of carbonyl (C=O) groups excluding carboxylic acids is 4. The van der Waals surface area contributed by atoms with Crippen molar-refractivity contribution in [2.45, 2.75) is 232 Å². The van der Waals surface area contributed by atoms with Crippen LogP contribution in [0, 0.1) is 12.7 Å². The van der Waals surface area contributed by atoms with Crippen LogP contribution in [0.2, 0.25) is 5.02 Å². The van der Waals surface area contributed by atoms with E-state index in [9.17, 15) is 36.7 Å². The van der Waals surface area contributed by atoms with Crippen LogP contribution in [-0.4, -0.2) is 183 Å². The number of benzene rings is 6. The van der Waals surface area contributed by atoms with Crippen LogP contribution in [0.4, 0.5) is 17.6 Å². The van der Waals surface area contributed by atoms with E-state index in [2.05, 4.69) is 187 Å². The van der Waals surface area contributed by atoms with Gasteiger partial charge in [0.05, 0.1) is 22.9 Å². The van der Waals surface area contributed by atoms with E-state index in [4.69, 9.17) is 25.8 Å². The number of amides is 4. The Hall–Kier alpha value is -7.89. The molecule has 0 bridgehead atoms. The number of rotatable bonds is 31. The molecule has 16 nitrogen and oxygen atoms in total. The fourth-order valence-electron chi connectivity index (χ4n) is 16.5. The molecular formula is C93H126ClF4N9O7S. The molecule has 4 N–H and O–H groups in total. The van der Waals surface area contributed by atoms with Crippen molar-refractivity contribution in [3.63, 3.8) is 0 Å². The van der Waals surface area contributed by atoms with Gasteiger partial charge in [-0.05, 0) is 295 Å². The van der Waals surface area contributed by atoms with Crippen LogP contribution in [-0.2, 0) is 55.8 Å². The van der Waals surface area contributed by atoms with Crippen LogP contribution in [0.25, 0.3) is 0 Å². The zero-order valence-corrected chi connectivity index (χ0v) is 71.3. The molecule has 115 heavy (non-hydrogen) atoms. The van der Waals surface area contributed by atoms with Crippen molar-refractivity contribution in [2.24, 2.45) is 0 Å². The third-order valence-electron chi connectivity index (χ3n) is 24.1. The van der Waals surface area contributed by atoms with Gasteiger partial charge >= 0.3 is 6.18 Å². The van der Waals surface area contributed by atoms with E-state index in [1.165, 1.54) is 28.8 Å². The summed E-state index contributed by atoms with van der Waals surface area (Å²) in [5.74, 6) is 1.50. The molecule has 11 rings (SSSR count). The number of aryl methyl sites for hydroxylation is 2. The highest BCUT2D eigenvalue weighted by Gasteiger charge is 2.42. The number of nitrogens with zero attached hydrogens (tertiary/aromatic N) is 5. The Morgan fingerprint density at radius 2 is 0.991 bits per heavy atom. The molecule has 1 heterocycles. The van der Waals surface area contributed by atoms with Crippen LogP contribution in [0.5, 0.6) is 11.5 Å². The van der Waals surface area contributed by atoms with Crippen molar-refractivity contribution >= 4 is 47.0 Å². The van der Waals surface area contributed by atoms with Crippen LogP contribution >= 0.6 is 23.4 Å². The standard InChI is InChI=1S/C26H35ClN2O2.C25H34N2O2.C23H28F3N3OS.C19H29FN2O2/c1-20-18-22(27)11-12-24(20)31-17-7-10-25(30)28-23-13-15-26(16-14-23,29(2)3)19-21-8-5-4-6-9-21;1-20(29-23-12-8-5-9-13-23)24(28)26-22-15-18-25(19-16-22,27(2)3)17-14-21-10-6-4-7-11-21;1-29(2)22(14-17-6-4-3-5-7-17)12-10-19(11-13-22)28-20(30)16-31-21-9-8-18(15-27-21)23(24,25)26;1-4-24-14-18(23)21-16-9-11-19(12-10-16,22(2)3)13-15-7-5-6-8-17(15)20/h4-6,8-9,11-12,18,23H,7,10,13-17,19H2,1-3H3,(H,28,30);4-13,20,22H,14-19H2,1-3H3,(H,26,28);3-9,15,19H,10-14,16H2,1-2H3,(H,28,30);5-8,16H,4,9-14H2,1-3H3,(H,21,23). The summed E-state index contributed by atoms with van der Waals surface area (Å²) < 4.78 is 68.6. The highest BCUT2D eigenvalue weighted by molar-refractivity contribution is 7.99. The smallest absolute Gasteiger partial charge is 0.417 e. The number of aromatic nitrogens is 1. The SMILES string of the molecule is CC(Oc1ccccc1)C(=O)NC1CCC(CCc2ccccc2)(N(C)C)CC1.CCOCC(=O)NC1CCC(Cc2ccccc2F)(N(C)C)CC1.CN(C)C1(Cc2ccccc2)CCC(NC(=O)CSc2ccc(C(F)(F)F)cn2)CC1.Cc1cc(Cl)ccc1OCCCC(=O)NC1CCC(Cc2ccccc2)(N(C)C)CC1. The van der Waals surface area contributed by atoms with Crippen molar-refractivity contribution in [3.8, 4) is 11.5 Å². The number of likely N-dealkylation sites (N-methyl/N-ethyl adjacent to an activating group) is 3. The first-order valence-corrected chi connectivity index (χ1v) is 42.5. The number of thioether (sulfide) groups is 1. The maximum atomic E-state index is 14.1. The normalized spacial score (nSPS) is 22.4. The zero-order valence-electron chi connectivity index (χ0n) is 69.7. The van der Waals surface area contributed by atoms with E-state index < -0.39 is 17.8 Å². The van der Waals surface area contributed by atoms with Gasteiger partial charge in [0.1, 0.15) is 23.9 Å². The summed E-state index contributed by atoms with van der Waals surface area (Å²) in [5.41, 5.74) is 5.51. The highest BCUT2D eigenvalue weighted by atomic mass is 35.5. The lowest BCUT2D eigenvalue weighted by Crippen LogP contribution is -2.52. The van der Waals surface area contributed by atoms with Gasteiger partial charge in [-0.2, -0.15) is 13.2 Å². The predicted molar refractivity (Wildman–Crippen MR) is 456 cm³/mol. The van der Waals surface area contributed by atoms with Gasteiger partial charge in [-0.1, -0.05) is 151 Å². The Kier molecular flexibility index (Phi) is 36.8. The summed E-state index contributed by atoms with van der Waals surface area (Å²) in [5, 5.41) is 13.7. The van der Waals surface area contributed by atoms with E-state index in [-0.39, 0.29) is 88.1 Å². The van der Waals surface area contributed by atoms with Crippen molar-refractivity contribution in [1.82, 2.24) is 45.9 Å². The molecule has 1 atom stereocenters. The Bertz CT molecular complexity index is 4030. The molecule has 4 saturated carbocycles. The average molecular weight is 1630 g/mol. The second kappa shape index (κ2) is 45.7. The molecule has 4 amide bonds. The third kappa shape index (κ3) is 29.6. The molecule has 0 radical (unpaired) electrons. The Balaban J connectivity index is 0.000000193. The maximum Gasteiger partial charge on any atom is 0.417 e. The largest absolute Gasteiger partial charge is 0.493 e. The molecule has 1 aromatic heterocycles. The maximum absolute atomic E-state index is 14.1.